The van der Waals surface area contributed by atoms with Crippen LogP contribution in [0.3, 0.4) is 0 Å². The Hall–Kier alpha value is -1.89. The topological polar surface area (TPSA) is 52.6 Å². The minimum Gasteiger partial charge on any atom is -0.494 e. The van der Waals surface area contributed by atoms with E-state index in [1.807, 2.05) is 19.1 Å². The number of halogens is 1. The number of carbonyl (C=O) groups is 2. The van der Waals surface area contributed by atoms with Gasteiger partial charge in [-0.05, 0) is 72.8 Å². The van der Waals surface area contributed by atoms with Crippen molar-refractivity contribution in [1.29, 1.82) is 0 Å². The molecule has 0 saturated heterocycles. The third-order valence-corrected chi connectivity index (χ3v) is 4.14. The van der Waals surface area contributed by atoms with Crippen LogP contribution in [0.1, 0.15) is 34.6 Å². The smallest absolute Gasteiger partial charge is 0.339 e. The summed E-state index contributed by atoms with van der Waals surface area (Å²) >= 11 is 2.06. The summed E-state index contributed by atoms with van der Waals surface area (Å²) in [5.41, 5.74) is 0.941. The summed E-state index contributed by atoms with van der Waals surface area (Å²) in [5, 5.41) is 0. The van der Waals surface area contributed by atoms with E-state index < -0.39 is 12.1 Å². The molecule has 120 valence electrons. The molecule has 0 heterocycles. The first-order chi connectivity index (χ1) is 11.0. The number of hydrogen-bond acceptors (Lipinski definition) is 4. The highest BCUT2D eigenvalue weighted by Gasteiger charge is 2.21. The first-order valence-corrected chi connectivity index (χ1v) is 8.33. The molecule has 1 atom stereocenters. The summed E-state index contributed by atoms with van der Waals surface area (Å²) in [7, 11) is 0. The molecule has 0 aliphatic rings. The molecule has 2 aromatic rings. The molecule has 0 radical (unpaired) electrons. The van der Waals surface area contributed by atoms with E-state index in [1.54, 1.807) is 43.3 Å². The lowest BCUT2D eigenvalue weighted by molar-refractivity contribution is 0.0317. The standard InChI is InChI=1S/C18H17IO4/c1-3-22-14-10-8-13(9-11-14)17(20)12(2)23-18(21)15-6-4-5-7-16(15)19/h4-12H,3H2,1-2H3/t12-/m1/s1. The Bertz CT molecular complexity index is 694. The van der Waals surface area contributed by atoms with Crippen molar-refractivity contribution in [1.82, 2.24) is 0 Å². The van der Waals surface area contributed by atoms with Crippen LogP contribution in [-0.2, 0) is 4.74 Å². The van der Waals surface area contributed by atoms with E-state index in [4.69, 9.17) is 9.47 Å². The van der Waals surface area contributed by atoms with Crippen LogP contribution in [0.4, 0.5) is 0 Å². The maximum absolute atomic E-state index is 12.3. The molecule has 4 nitrogen and oxygen atoms in total. The second-order valence-corrected chi connectivity index (χ2v) is 6.01. The number of hydrogen-bond donors (Lipinski definition) is 0. The van der Waals surface area contributed by atoms with Crippen molar-refractivity contribution in [3.05, 3.63) is 63.2 Å². The fourth-order valence-electron chi connectivity index (χ4n) is 2.02. The normalized spacial score (nSPS) is 11.6. The van der Waals surface area contributed by atoms with Gasteiger partial charge in [-0.1, -0.05) is 12.1 Å². The van der Waals surface area contributed by atoms with Crippen LogP contribution >= 0.6 is 22.6 Å². The van der Waals surface area contributed by atoms with Crippen LogP contribution in [0.5, 0.6) is 5.75 Å². The van der Waals surface area contributed by atoms with E-state index in [2.05, 4.69) is 22.6 Å². The van der Waals surface area contributed by atoms with Gasteiger partial charge in [-0.25, -0.2) is 4.79 Å². The molecule has 0 amide bonds. The van der Waals surface area contributed by atoms with Gasteiger partial charge in [0.25, 0.3) is 0 Å². The van der Waals surface area contributed by atoms with E-state index in [-0.39, 0.29) is 5.78 Å². The lowest BCUT2D eigenvalue weighted by Crippen LogP contribution is -2.24. The Balaban J connectivity index is 2.05. The Kier molecular flexibility index (Phi) is 6.15. The first-order valence-electron chi connectivity index (χ1n) is 7.25. The average Bonchev–Trinajstić information content (AvgIpc) is 2.55. The lowest BCUT2D eigenvalue weighted by atomic mass is 10.1. The Labute approximate surface area is 148 Å². The number of carbonyl (C=O) groups excluding carboxylic acids is 2. The summed E-state index contributed by atoms with van der Waals surface area (Å²) in [6.45, 7) is 4.04. The van der Waals surface area contributed by atoms with E-state index in [1.165, 1.54) is 0 Å². The number of ether oxygens (including phenoxy) is 2. The van der Waals surface area contributed by atoms with Crippen LogP contribution in [0.2, 0.25) is 0 Å². The zero-order chi connectivity index (χ0) is 16.8. The Morgan fingerprint density at radius 2 is 1.74 bits per heavy atom. The second-order valence-electron chi connectivity index (χ2n) is 4.85. The maximum Gasteiger partial charge on any atom is 0.339 e. The van der Waals surface area contributed by atoms with Gasteiger partial charge in [-0.15, -0.1) is 0 Å². The lowest BCUT2D eigenvalue weighted by Gasteiger charge is -2.13. The fraction of sp³-hybridized carbons (Fsp3) is 0.222. The third-order valence-electron chi connectivity index (χ3n) is 3.20. The molecule has 0 aliphatic carbocycles. The molecule has 0 spiro atoms. The predicted octanol–water partition coefficient (Wildman–Crippen LogP) is 4.12. The largest absolute Gasteiger partial charge is 0.494 e. The van der Waals surface area contributed by atoms with Crippen LogP contribution in [0, 0.1) is 3.57 Å². The number of ketones is 1. The molecular weight excluding hydrogens is 407 g/mol. The monoisotopic (exact) mass is 424 g/mol. The fourth-order valence-corrected chi connectivity index (χ4v) is 2.63. The number of rotatable bonds is 6. The van der Waals surface area contributed by atoms with Gasteiger partial charge in [0, 0.05) is 9.13 Å². The van der Waals surface area contributed by atoms with Gasteiger partial charge in [-0.2, -0.15) is 0 Å². The van der Waals surface area contributed by atoms with E-state index in [9.17, 15) is 9.59 Å². The zero-order valence-corrected chi connectivity index (χ0v) is 15.1. The summed E-state index contributed by atoms with van der Waals surface area (Å²) in [5.74, 6) is -0.0401. The predicted molar refractivity (Wildman–Crippen MR) is 96.0 cm³/mol. The highest BCUT2D eigenvalue weighted by molar-refractivity contribution is 14.1. The average molecular weight is 424 g/mol. The van der Waals surface area contributed by atoms with Crippen LogP contribution in [-0.4, -0.2) is 24.5 Å². The molecule has 0 N–H and O–H groups in total. The van der Waals surface area contributed by atoms with Gasteiger partial charge in [0.1, 0.15) is 5.75 Å². The van der Waals surface area contributed by atoms with Gasteiger partial charge in [0.2, 0.25) is 5.78 Å². The van der Waals surface area contributed by atoms with Crippen molar-refractivity contribution in [2.75, 3.05) is 6.61 Å². The van der Waals surface area contributed by atoms with Gasteiger partial charge < -0.3 is 9.47 Å². The SMILES string of the molecule is CCOc1ccc(C(=O)[C@@H](C)OC(=O)c2ccccc2I)cc1. The summed E-state index contributed by atoms with van der Waals surface area (Å²) < 4.78 is 11.4. The molecule has 0 bridgehead atoms. The van der Waals surface area contributed by atoms with Crippen LogP contribution < -0.4 is 4.74 Å². The minimum atomic E-state index is -0.851. The van der Waals surface area contributed by atoms with Crippen molar-refractivity contribution >= 4 is 34.3 Å². The second kappa shape index (κ2) is 8.10. The molecule has 0 aliphatic heterocycles. The minimum absolute atomic E-state index is 0.243. The van der Waals surface area contributed by atoms with Gasteiger partial charge in [0.15, 0.2) is 6.10 Å². The molecule has 0 saturated carbocycles. The number of benzene rings is 2. The van der Waals surface area contributed by atoms with E-state index >= 15 is 0 Å². The van der Waals surface area contributed by atoms with Gasteiger partial charge >= 0.3 is 5.97 Å². The third kappa shape index (κ3) is 4.54. The quantitative estimate of drug-likeness (QED) is 0.398. The van der Waals surface area contributed by atoms with Crippen molar-refractivity contribution in [2.45, 2.75) is 20.0 Å². The molecule has 0 unspecified atom stereocenters. The van der Waals surface area contributed by atoms with Crippen molar-refractivity contribution in [3.8, 4) is 5.75 Å². The van der Waals surface area contributed by atoms with Gasteiger partial charge in [0.05, 0.1) is 12.2 Å². The molecular formula is C18H17IO4. The van der Waals surface area contributed by atoms with E-state index in [0.29, 0.717) is 23.5 Å². The molecule has 0 aromatic heterocycles. The molecule has 2 aromatic carbocycles. The number of Topliss-reactive ketones (excluding diaryl/α,β-unsaturated/α-hetero) is 1. The van der Waals surface area contributed by atoms with Gasteiger partial charge in [-0.3, -0.25) is 4.79 Å². The van der Waals surface area contributed by atoms with Crippen molar-refractivity contribution < 1.29 is 19.1 Å². The molecule has 2 rings (SSSR count). The van der Waals surface area contributed by atoms with Crippen molar-refractivity contribution in [3.63, 3.8) is 0 Å². The summed E-state index contributed by atoms with van der Waals surface area (Å²) in [4.78, 5) is 24.5. The zero-order valence-electron chi connectivity index (χ0n) is 12.9. The number of esters is 1. The molecule has 0 fully saturated rings. The molecule has 5 heteroatoms. The molecule has 23 heavy (non-hydrogen) atoms. The first kappa shape index (κ1) is 17.5. The summed E-state index contributed by atoms with van der Waals surface area (Å²) in [6.07, 6.45) is -0.851. The van der Waals surface area contributed by atoms with E-state index in [0.717, 1.165) is 3.57 Å². The Morgan fingerprint density at radius 1 is 1.09 bits per heavy atom. The van der Waals surface area contributed by atoms with Crippen molar-refractivity contribution in [2.24, 2.45) is 0 Å². The van der Waals surface area contributed by atoms with Crippen LogP contribution in [0.15, 0.2) is 48.5 Å². The maximum atomic E-state index is 12.3. The highest BCUT2D eigenvalue weighted by atomic mass is 127. The highest BCUT2D eigenvalue weighted by Crippen LogP contribution is 2.17. The Morgan fingerprint density at radius 3 is 2.35 bits per heavy atom. The van der Waals surface area contributed by atoms with Crippen LogP contribution in [0.25, 0.3) is 0 Å². The summed E-state index contributed by atoms with van der Waals surface area (Å²) in [6, 6.07) is 13.9.